The van der Waals surface area contributed by atoms with Gasteiger partial charge in [-0.3, -0.25) is 4.98 Å². The molecule has 0 saturated carbocycles. The van der Waals surface area contributed by atoms with Gasteiger partial charge in [-0.1, -0.05) is 11.6 Å². The smallest absolute Gasteiger partial charge is 0.140 e. The van der Waals surface area contributed by atoms with E-state index in [4.69, 9.17) is 16.0 Å². The Morgan fingerprint density at radius 1 is 1.44 bits per heavy atom. The van der Waals surface area contributed by atoms with Crippen molar-refractivity contribution in [3.05, 3.63) is 51.6 Å². The predicted molar refractivity (Wildman–Crippen MR) is 66.6 cm³/mol. The second-order valence-corrected chi connectivity index (χ2v) is 4.55. The normalized spacial score (nSPS) is 12.7. The molecule has 0 aliphatic carbocycles. The van der Waals surface area contributed by atoms with Crippen LogP contribution in [0.4, 0.5) is 0 Å². The SMILES string of the molecule is CNC(c1ccc(Cl)cn1)c1occc1Br. The van der Waals surface area contributed by atoms with Crippen molar-refractivity contribution >= 4 is 27.5 Å². The van der Waals surface area contributed by atoms with Crippen molar-refractivity contribution in [2.24, 2.45) is 0 Å². The van der Waals surface area contributed by atoms with Gasteiger partial charge in [-0.25, -0.2) is 0 Å². The first-order chi connectivity index (χ1) is 7.72. The first-order valence-corrected chi connectivity index (χ1v) is 5.91. The van der Waals surface area contributed by atoms with E-state index in [1.54, 1.807) is 12.5 Å². The summed E-state index contributed by atoms with van der Waals surface area (Å²) < 4.78 is 6.34. The van der Waals surface area contributed by atoms with Gasteiger partial charge in [-0.2, -0.15) is 0 Å². The molecule has 0 aromatic carbocycles. The Morgan fingerprint density at radius 3 is 2.75 bits per heavy atom. The lowest BCUT2D eigenvalue weighted by Crippen LogP contribution is -2.18. The van der Waals surface area contributed by atoms with Crippen molar-refractivity contribution in [2.75, 3.05) is 7.05 Å². The fourth-order valence-corrected chi connectivity index (χ4v) is 2.02. The molecule has 0 saturated heterocycles. The minimum atomic E-state index is -0.0818. The summed E-state index contributed by atoms with van der Waals surface area (Å²) in [4.78, 5) is 4.27. The van der Waals surface area contributed by atoms with E-state index in [0.717, 1.165) is 15.9 Å². The van der Waals surface area contributed by atoms with Gasteiger partial charge in [0.1, 0.15) is 11.8 Å². The molecular formula is C11H10BrClN2O. The van der Waals surface area contributed by atoms with Crippen molar-refractivity contribution < 1.29 is 4.42 Å². The summed E-state index contributed by atoms with van der Waals surface area (Å²) in [5.41, 5.74) is 0.863. The highest BCUT2D eigenvalue weighted by Crippen LogP contribution is 2.28. The molecular weight excluding hydrogens is 291 g/mol. The second kappa shape index (κ2) is 4.99. The van der Waals surface area contributed by atoms with Crippen LogP contribution in [0.2, 0.25) is 5.02 Å². The van der Waals surface area contributed by atoms with Crippen LogP contribution < -0.4 is 5.32 Å². The third-order valence-corrected chi connectivity index (χ3v) is 3.12. The van der Waals surface area contributed by atoms with Gasteiger partial charge in [0, 0.05) is 6.20 Å². The third-order valence-electron chi connectivity index (χ3n) is 2.24. The zero-order valence-electron chi connectivity index (χ0n) is 8.58. The lowest BCUT2D eigenvalue weighted by molar-refractivity contribution is 0.456. The minimum Gasteiger partial charge on any atom is -0.466 e. The quantitative estimate of drug-likeness (QED) is 0.944. The molecule has 1 atom stereocenters. The molecule has 2 aromatic heterocycles. The minimum absolute atomic E-state index is 0.0818. The maximum atomic E-state index is 5.80. The first kappa shape index (κ1) is 11.6. The molecule has 1 unspecified atom stereocenters. The topological polar surface area (TPSA) is 38.1 Å². The monoisotopic (exact) mass is 300 g/mol. The van der Waals surface area contributed by atoms with Gasteiger partial charge in [0.2, 0.25) is 0 Å². The number of nitrogens with zero attached hydrogens (tertiary/aromatic N) is 1. The summed E-state index contributed by atoms with van der Waals surface area (Å²) in [6, 6.07) is 5.46. The fourth-order valence-electron chi connectivity index (χ4n) is 1.48. The maximum absolute atomic E-state index is 5.80. The molecule has 3 nitrogen and oxygen atoms in total. The Hall–Kier alpha value is -0.840. The summed E-state index contributed by atoms with van der Waals surface area (Å²) in [6.07, 6.45) is 3.26. The molecule has 0 bridgehead atoms. The molecule has 16 heavy (non-hydrogen) atoms. The van der Waals surface area contributed by atoms with Crippen molar-refractivity contribution in [3.8, 4) is 0 Å². The van der Waals surface area contributed by atoms with Crippen molar-refractivity contribution in [3.63, 3.8) is 0 Å². The molecule has 2 aromatic rings. The summed E-state index contributed by atoms with van der Waals surface area (Å²) in [5, 5.41) is 3.77. The zero-order chi connectivity index (χ0) is 11.5. The zero-order valence-corrected chi connectivity index (χ0v) is 10.9. The van der Waals surface area contributed by atoms with Gasteiger partial charge in [-0.15, -0.1) is 0 Å². The largest absolute Gasteiger partial charge is 0.466 e. The summed E-state index contributed by atoms with van der Waals surface area (Å²) in [5.74, 6) is 0.803. The molecule has 0 amide bonds. The van der Waals surface area contributed by atoms with Gasteiger partial charge in [0.05, 0.1) is 21.5 Å². The predicted octanol–water partition coefficient (Wildman–Crippen LogP) is 3.40. The summed E-state index contributed by atoms with van der Waals surface area (Å²) in [7, 11) is 1.86. The average molecular weight is 302 g/mol. The Kier molecular flexibility index (Phi) is 3.63. The highest BCUT2D eigenvalue weighted by molar-refractivity contribution is 9.10. The molecule has 0 spiro atoms. The number of hydrogen-bond acceptors (Lipinski definition) is 3. The number of nitrogens with one attached hydrogen (secondary N) is 1. The van der Waals surface area contributed by atoms with Gasteiger partial charge < -0.3 is 9.73 Å². The average Bonchev–Trinajstić information content (AvgIpc) is 2.69. The van der Waals surface area contributed by atoms with E-state index in [0.29, 0.717) is 5.02 Å². The van der Waals surface area contributed by atoms with Gasteiger partial charge in [0.25, 0.3) is 0 Å². The lowest BCUT2D eigenvalue weighted by Gasteiger charge is -2.13. The van der Waals surface area contributed by atoms with E-state index >= 15 is 0 Å². The Balaban J connectivity index is 2.37. The van der Waals surface area contributed by atoms with E-state index in [-0.39, 0.29) is 6.04 Å². The molecule has 1 N–H and O–H groups in total. The van der Waals surface area contributed by atoms with Crippen LogP contribution in [0.3, 0.4) is 0 Å². The molecule has 0 aliphatic heterocycles. The highest BCUT2D eigenvalue weighted by Gasteiger charge is 2.19. The fraction of sp³-hybridized carbons (Fsp3) is 0.182. The van der Waals surface area contributed by atoms with Crippen LogP contribution in [0, 0.1) is 0 Å². The van der Waals surface area contributed by atoms with Crippen LogP contribution in [0.25, 0.3) is 0 Å². The standard InChI is InChI=1S/C11H10BrClN2O/c1-14-10(11-8(12)4-5-16-11)9-3-2-7(13)6-15-9/h2-6,10,14H,1H3. The molecule has 0 radical (unpaired) electrons. The maximum Gasteiger partial charge on any atom is 0.140 e. The number of furan rings is 1. The van der Waals surface area contributed by atoms with Crippen molar-refractivity contribution in [2.45, 2.75) is 6.04 Å². The number of aromatic nitrogens is 1. The number of rotatable bonds is 3. The molecule has 2 heterocycles. The third kappa shape index (κ3) is 2.29. The van der Waals surface area contributed by atoms with Crippen LogP contribution in [0.1, 0.15) is 17.5 Å². The summed E-state index contributed by atoms with van der Waals surface area (Å²) >= 11 is 9.23. The molecule has 2 rings (SSSR count). The van der Waals surface area contributed by atoms with Crippen LogP contribution in [-0.2, 0) is 0 Å². The Labute approximate surface area is 107 Å². The van der Waals surface area contributed by atoms with Crippen LogP contribution >= 0.6 is 27.5 Å². The van der Waals surface area contributed by atoms with E-state index in [2.05, 4.69) is 26.2 Å². The van der Waals surface area contributed by atoms with E-state index in [1.807, 2.05) is 25.2 Å². The van der Waals surface area contributed by atoms with Gasteiger partial charge >= 0.3 is 0 Å². The lowest BCUT2D eigenvalue weighted by atomic mass is 10.1. The number of hydrogen-bond donors (Lipinski definition) is 1. The summed E-state index contributed by atoms with van der Waals surface area (Å²) in [6.45, 7) is 0. The van der Waals surface area contributed by atoms with Gasteiger partial charge in [0.15, 0.2) is 0 Å². The van der Waals surface area contributed by atoms with Crippen LogP contribution in [0.5, 0.6) is 0 Å². The first-order valence-electron chi connectivity index (χ1n) is 4.74. The molecule has 5 heteroatoms. The van der Waals surface area contributed by atoms with Crippen molar-refractivity contribution in [1.82, 2.24) is 10.3 Å². The van der Waals surface area contributed by atoms with Gasteiger partial charge in [-0.05, 0) is 41.2 Å². The second-order valence-electron chi connectivity index (χ2n) is 3.26. The van der Waals surface area contributed by atoms with E-state index in [1.165, 1.54) is 0 Å². The van der Waals surface area contributed by atoms with Crippen LogP contribution in [-0.4, -0.2) is 12.0 Å². The van der Waals surface area contributed by atoms with E-state index in [9.17, 15) is 0 Å². The molecule has 0 fully saturated rings. The van der Waals surface area contributed by atoms with E-state index < -0.39 is 0 Å². The Bertz CT molecular complexity index is 469. The number of halogens is 2. The molecule has 0 aliphatic rings. The van der Waals surface area contributed by atoms with Crippen LogP contribution in [0.15, 0.2) is 39.5 Å². The van der Waals surface area contributed by atoms with Crippen molar-refractivity contribution in [1.29, 1.82) is 0 Å². The number of pyridine rings is 1. The Morgan fingerprint density at radius 2 is 2.25 bits per heavy atom. The molecule has 84 valence electrons. The highest BCUT2D eigenvalue weighted by atomic mass is 79.9.